The molecule has 0 radical (unpaired) electrons. The minimum Gasteiger partial charge on any atom is -0.327 e. The summed E-state index contributed by atoms with van der Waals surface area (Å²) < 4.78 is 1.99. The Kier molecular flexibility index (Phi) is 11.5. The second kappa shape index (κ2) is 12.7. The lowest BCUT2D eigenvalue weighted by Gasteiger charge is -2.30. The summed E-state index contributed by atoms with van der Waals surface area (Å²) in [6, 6.07) is 4.77. The second-order valence-corrected chi connectivity index (χ2v) is 11.3. The maximum Gasteiger partial charge on any atom is 0.105 e. The summed E-state index contributed by atoms with van der Waals surface area (Å²) in [5.74, 6) is 0. The van der Waals surface area contributed by atoms with Gasteiger partial charge in [-0.25, -0.2) is 0 Å². The van der Waals surface area contributed by atoms with E-state index in [-0.39, 0.29) is 0 Å². The lowest BCUT2D eigenvalue weighted by molar-refractivity contribution is -0.887. The number of benzene rings is 1. The minimum atomic E-state index is 0.991. The zero-order valence-electron chi connectivity index (χ0n) is 21.2. The van der Waals surface area contributed by atoms with Gasteiger partial charge in [0.15, 0.2) is 0 Å². The Labute approximate surface area is 183 Å². The van der Waals surface area contributed by atoms with Crippen LogP contribution in [-0.4, -0.2) is 51.3 Å². The number of quaternary nitrogens is 2. The summed E-state index contributed by atoms with van der Waals surface area (Å²) in [6.07, 6.45) is 15.4. The van der Waals surface area contributed by atoms with Crippen molar-refractivity contribution < 1.29 is 8.97 Å². The predicted molar refractivity (Wildman–Crippen MR) is 130 cm³/mol. The van der Waals surface area contributed by atoms with E-state index in [0.717, 1.165) is 22.1 Å². The van der Waals surface area contributed by atoms with E-state index in [2.05, 4.69) is 68.3 Å². The van der Waals surface area contributed by atoms with Crippen molar-refractivity contribution in [2.24, 2.45) is 0 Å². The molecule has 0 saturated heterocycles. The van der Waals surface area contributed by atoms with Crippen LogP contribution in [0, 0.1) is 6.92 Å². The Morgan fingerprint density at radius 2 is 1.07 bits per heavy atom. The molecule has 0 N–H and O–H groups in total. The Morgan fingerprint density at radius 1 is 0.586 bits per heavy atom. The highest BCUT2D eigenvalue weighted by Crippen LogP contribution is 2.26. The fourth-order valence-corrected chi connectivity index (χ4v) is 4.33. The van der Waals surface area contributed by atoms with Gasteiger partial charge in [-0.05, 0) is 30.9 Å². The molecule has 0 heterocycles. The Hall–Kier alpha value is -0.860. The molecule has 0 aromatic heterocycles. The number of hydrogen-bond acceptors (Lipinski definition) is 0. The second-order valence-electron chi connectivity index (χ2n) is 11.3. The monoisotopic (exact) mass is 404 g/mol. The van der Waals surface area contributed by atoms with Gasteiger partial charge in [0.1, 0.15) is 13.1 Å². The summed E-state index contributed by atoms with van der Waals surface area (Å²) in [4.78, 5) is 0. The zero-order chi connectivity index (χ0) is 21.9. The highest BCUT2D eigenvalue weighted by atomic mass is 15.3. The van der Waals surface area contributed by atoms with Gasteiger partial charge in [0.05, 0.1) is 42.3 Å². The van der Waals surface area contributed by atoms with Gasteiger partial charge in [-0.15, -0.1) is 0 Å². The first-order valence-electron chi connectivity index (χ1n) is 12.2. The van der Waals surface area contributed by atoms with Crippen molar-refractivity contribution in [2.75, 3.05) is 42.3 Å². The third-order valence-corrected chi connectivity index (χ3v) is 5.82. The lowest BCUT2D eigenvalue weighted by atomic mass is 9.91. The molecule has 1 rings (SSSR count). The number of aryl methyl sites for hydroxylation is 1. The fraction of sp³-hybridized carbons (Fsp3) is 0.778. The maximum atomic E-state index is 2.39. The molecule has 1 aromatic rings. The van der Waals surface area contributed by atoms with Crippen LogP contribution in [0.3, 0.4) is 0 Å². The summed E-state index contributed by atoms with van der Waals surface area (Å²) >= 11 is 0. The molecule has 1 aromatic carbocycles. The van der Waals surface area contributed by atoms with Crippen molar-refractivity contribution in [1.29, 1.82) is 0 Å². The zero-order valence-corrected chi connectivity index (χ0v) is 21.2. The van der Waals surface area contributed by atoms with Gasteiger partial charge >= 0.3 is 0 Å². The van der Waals surface area contributed by atoms with E-state index >= 15 is 0 Å². The first-order chi connectivity index (χ1) is 13.5. The first kappa shape index (κ1) is 26.2. The quantitative estimate of drug-likeness (QED) is 0.221. The van der Waals surface area contributed by atoms with E-state index in [9.17, 15) is 0 Å². The van der Waals surface area contributed by atoms with Crippen molar-refractivity contribution in [3.8, 4) is 0 Å². The fourth-order valence-electron chi connectivity index (χ4n) is 4.33. The van der Waals surface area contributed by atoms with Gasteiger partial charge in [-0.3, -0.25) is 0 Å². The molecule has 2 heteroatoms. The van der Waals surface area contributed by atoms with E-state index in [1.165, 1.54) is 76.2 Å². The molecule has 0 fully saturated rings. The van der Waals surface area contributed by atoms with Crippen LogP contribution < -0.4 is 0 Å². The molecule has 29 heavy (non-hydrogen) atoms. The summed E-state index contributed by atoms with van der Waals surface area (Å²) in [5.41, 5.74) is 6.32. The van der Waals surface area contributed by atoms with E-state index in [1.54, 1.807) is 16.7 Å². The van der Waals surface area contributed by atoms with Gasteiger partial charge in [0.25, 0.3) is 0 Å². The van der Waals surface area contributed by atoms with Gasteiger partial charge in [0.2, 0.25) is 0 Å². The van der Waals surface area contributed by atoms with Crippen LogP contribution in [-0.2, 0) is 19.5 Å². The summed E-state index contributed by atoms with van der Waals surface area (Å²) in [7, 11) is 13.9. The van der Waals surface area contributed by atoms with E-state index in [0.29, 0.717) is 0 Å². The average Bonchev–Trinajstić information content (AvgIpc) is 2.59. The van der Waals surface area contributed by atoms with E-state index in [1.807, 2.05) is 0 Å². The van der Waals surface area contributed by atoms with Crippen molar-refractivity contribution in [2.45, 2.75) is 97.6 Å². The molecule has 0 spiro atoms. The Balaban J connectivity index is 2.64. The normalized spacial score (nSPS) is 12.6. The molecule has 0 aliphatic carbocycles. The van der Waals surface area contributed by atoms with E-state index in [4.69, 9.17) is 0 Å². The molecule has 0 aliphatic rings. The van der Waals surface area contributed by atoms with Crippen molar-refractivity contribution >= 4 is 0 Å². The molecule has 168 valence electrons. The van der Waals surface area contributed by atoms with Gasteiger partial charge < -0.3 is 8.97 Å². The van der Waals surface area contributed by atoms with Crippen LogP contribution in [0.4, 0.5) is 0 Å². The third-order valence-electron chi connectivity index (χ3n) is 5.82. The number of nitrogens with zero attached hydrogens (tertiary/aromatic N) is 2. The highest BCUT2D eigenvalue weighted by Gasteiger charge is 2.21. The smallest absolute Gasteiger partial charge is 0.105 e. The van der Waals surface area contributed by atoms with E-state index < -0.39 is 0 Å². The molecule has 0 amide bonds. The molecule has 0 atom stereocenters. The van der Waals surface area contributed by atoms with Crippen molar-refractivity contribution in [1.82, 2.24) is 0 Å². The molecule has 0 unspecified atom stereocenters. The number of unbranched alkanes of at least 4 members (excludes halogenated alkanes) is 9. The minimum absolute atomic E-state index is 0.991. The molecule has 0 aliphatic heterocycles. The summed E-state index contributed by atoms with van der Waals surface area (Å²) in [5, 5.41) is 0. The van der Waals surface area contributed by atoms with Crippen LogP contribution in [0.2, 0.25) is 0 Å². The third kappa shape index (κ3) is 11.8. The largest absolute Gasteiger partial charge is 0.327 e. The average molecular weight is 405 g/mol. The standard InChI is InChI=1S/C27H52N2/c1-9-10-11-12-13-14-15-16-17-18-19-26-24(2)20-21-25(22-28(3,4)5)27(26)23-29(6,7)8/h20-21H,9-19,22-23H2,1-8H3/q+2. The van der Waals surface area contributed by atoms with Crippen LogP contribution in [0.5, 0.6) is 0 Å². The molecule has 0 saturated carbocycles. The maximum absolute atomic E-state index is 2.39. The summed E-state index contributed by atoms with van der Waals surface area (Å²) in [6.45, 7) is 6.86. The van der Waals surface area contributed by atoms with Crippen LogP contribution >= 0.6 is 0 Å². The van der Waals surface area contributed by atoms with Gasteiger partial charge in [-0.2, -0.15) is 0 Å². The number of rotatable bonds is 15. The van der Waals surface area contributed by atoms with Gasteiger partial charge in [-0.1, -0.05) is 76.8 Å². The molecule has 0 bridgehead atoms. The SMILES string of the molecule is CCCCCCCCCCCCc1c(C)ccc(C[N+](C)(C)C)c1C[N+](C)(C)C. The van der Waals surface area contributed by atoms with Crippen LogP contribution in [0.25, 0.3) is 0 Å². The number of hydrogen-bond donors (Lipinski definition) is 0. The van der Waals surface area contributed by atoms with Crippen LogP contribution in [0.1, 0.15) is 93.4 Å². The first-order valence-corrected chi connectivity index (χ1v) is 12.2. The molecule has 2 nitrogen and oxygen atoms in total. The Bertz CT molecular complexity index is 575. The topological polar surface area (TPSA) is 0 Å². The van der Waals surface area contributed by atoms with Crippen molar-refractivity contribution in [3.05, 3.63) is 34.4 Å². The molecular formula is C27H52N2+2. The van der Waals surface area contributed by atoms with Crippen LogP contribution in [0.15, 0.2) is 12.1 Å². The predicted octanol–water partition coefficient (Wildman–Crippen LogP) is 6.87. The lowest BCUT2D eigenvalue weighted by Crippen LogP contribution is -2.37. The van der Waals surface area contributed by atoms with Crippen molar-refractivity contribution in [3.63, 3.8) is 0 Å². The van der Waals surface area contributed by atoms with Gasteiger partial charge in [0, 0.05) is 11.1 Å². The Morgan fingerprint density at radius 3 is 1.55 bits per heavy atom. The highest BCUT2D eigenvalue weighted by molar-refractivity contribution is 5.40. The molecular weight excluding hydrogens is 352 g/mol.